The van der Waals surface area contributed by atoms with Gasteiger partial charge < -0.3 is 4.74 Å². The molecule has 2 heterocycles. The summed E-state index contributed by atoms with van der Waals surface area (Å²) >= 11 is 4.89. The SMILES string of the molecule is COc1ccc2sc(N(Cc3cccnc3)C(=O)c3ccc(Br)cc3)nc2c1. The van der Waals surface area contributed by atoms with Gasteiger partial charge in [0.15, 0.2) is 5.13 Å². The van der Waals surface area contributed by atoms with Gasteiger partial charge in [0.25, 0.3) is 5.91 Å². The first kappa shape index (κ1) is 18.6. The number of carbonyl (C=O) groups excluding carboxylic acids is 1. The van der Waals surface area contributed by atoms with Crippen LogP contribution in [-0.2, 0) is 6.54 Å². The van der Waals surface area contributed by atoms with Gasteiger partial charge >= 0.3 is 0 Å². The first-order valence-corrected chi connectivity index (χ1v) is 10.2. The van der Waals surface area contributed by atoms with Crippen molar-refractivity contribution in [3.63, 3.8) is 0 Å². The van der Waals surface area contributed by atoms with E-state index in [1.54, 1.807) is 36.5 Å². The van der Waals surface area contributed by atoms with Crippen LogP contribution in [0, 0.1) is 0 Å². The minimum absolute atomic E-state index is 0.109. The van der Waals surface area contributed by atoms with Crippen molar-refractivity contribution in [2.45, 2.75) is 6.54 Å². The van der Waals surface area contributed by atoms with Gasteiger partial charge in [-0.15, -0.1) is 0 Å². The van der Waals surface area contributed by atoms with E-state index in [0.717, 1.165) is 26.0 Å². The maximum absolute atomic E-state index is 13.3. The van der Waals surface area contributed by atoms with Gasteiger partial charge in [-0.2, -0.15) is 0 Å². The first-order valence-electron chi connectivity index (χ1n) is 8.55. The zero-order valence-electron chi connectivity index (χ0n) is 15.0. The monoisotopic (exact) mass is 453 g/mol. The summed E-state index contributed by atoms with van der Waals surface area (Å²) in [6.07, 6.45) is 3.48. The molecule has 140 valence electrons. The van der Waals surface area contributed by atoms with E-state index in [-0.39, 0.29) is 5.91 Å². The molecule has 0 radical (unpaired) electrons. The number of rotatable bonds is 5. The number of carbonyl (C=O) groups is 1. The number of fused-ring (bicyclic) bond motifs is 1. The number of pyridine rings is 1. The van der Waals surface area contributed by atoms with Crippen LogP contribution in [0.25, 0.3) is 10.2 Å². The van der Waals surface area contributed by atoms with Crippen LogP contribution >= 0.6 is 27.3 Å². The molecule has 0 bridgehead atoms. The number of amides is 1. The van der Waals surface area contributed by atoms with Gasteiger partial charge in [0.1, 0.15) is 5.75 Å². The fourth-order valence-corrected chi connectivity index (χ4v) is 3.99. The van der Waals surface area contributed by atoms with Crippen LogP contribution in [0.4, 0.5) is 5.13 Å². The molecule has 0 saturated carbocycles. The van der Waals surface area contributed by atoms with Crippen molar-refractivity contribution < 1.29 is 9.53 Å². The number of aromatic nitrogens is 2. The fraction of sp³-hybridized carbons (Fsp3) is 0.0952. The summed E-state index contributed by atoms with van der Waals surface area (Å²) in [6, 6.07) is 16.9. The largest absolute Gasteiger partial charge is 0.497 e. The van der Waals surface area contributed by atoms with Crippen LogP contribution in [0.2, 0.25) is 0 Å². The lowest BCUT2D eigenvalue weighted by molar-refractivity contribution is 0.0985. The average molecular weight is 454 g/mol. The topological polar surface area (TPSA) is 55.3 Å². The number of hydrogen-bond donors (Lipinski definition) is 0. The Morgan fingerprint density at radius 2 is 2.00 bits per heavy atom. The normalized spacial score (nSPS) is 10.8. The summed E-state index contributed by atoms with van der Waals surface area (Å²) in [4.78, 5) is 23.8. The number of anilines is 1. The molecule has 4 aromatic rings. The number of nitrogens with zero attached hydrogens (tertiary/aromatic N) is 3. The molecule has 5 nitrogen and oxygen atoms in total. The molecule has 0 N–H and O–H groups in total. The number of methoxy groups -OCH3 is 1. The van der Waals surface area contributed by atoms with Gasteiger partial charge in [0, 0.05) is 28.5 Å². The molecule has 0 atom stereocenters. The Labute approximate surface area is 174 Å². The van der Waals surface area contributed by atoms with Gasteiger partial charge in [-0.05, 0) is 48.0 Å². The molecule has 28 heavy (non-hydrogen) atoms. The smallest absolute Gasteiger partial charge is 0.260 e. The van der Waals surface area contributed by atoms with Crippen molar-refractivity contribution >= 4 is 48.5 Å². The van der Waals surface area contributed by atoms with Crippen LogP contribution in [0.1, 0.15) is 15.9 Å². The third-order valence-electron chi connectivity index (χ3n) is 4.21. The van der Waals surface area contributed by atoms with Crippen LogP contribution in [0.15, 0.2) is 71.5 Å². The Hall–Kier alpha value is -2.77. The second-order valence-corrected chi connectivity index (χ2v) is 8.01. The van der Waals surface area contributed by atoms with E-state index in [1.807, 2.05) is 42.5 Å². The number of ether oxygens (including phenoxy) is 1. The average Bonchev–Trinajstić information content (AvgIpc) is 3.15. The highest BCUT2D eigenvalue weighted by atomic mass is 79.9. The van der Waals surface area contributed by atoms with Crippen LogP contribution in [-0.4, -0.2) is 23.0 Å². The lowest BCUT2D eigenvalue weighted by Gasteiger charge is -2.20. The van der Waals surface area contributed by atoms with E-state index < -0.39 is 0 Å². The summed E-state index contributed by atoms with van der Waals surface area (Å²) in [5.74, 6) is 0.629. The van der Waals surface area contributed by atoms with Crippen molar-refractivity contribution in [1.29, 1.82) is 0 Å². The van der Waals surface area contributed by atoms with E-state index in [0.29, 0.717) is 17.2 Å². The molecular weight excluding hydrogens is 438 g/mol. The highest BCUT2D eigenvalue weighted by Crippen LogP contribution is 2.32. The minimum Gasteiger partial charge on any atom is -0.497 e. The van der Waals surface area contributed by atoms with Gasteiger partial charge in [0.2, 0.25) is 0 Å². The Kier molecular flexibility index (Phi) is 5.36. The maximum atomic E-state index is 13.3. The number of benzene rings is 2. The van der Waals surface area contributed by atoms with Gasteiger partial charge in [-0.25, -0.2) is 4.98 Å². The van der Waals surface area contributed by atoms with Gasteiger partial charge in [-0.3, -0.25) is 14.7 Å². The summed E-state index contributed by atoms with van der Waals surface area (Å²) in [5.41, 5.74) is 2.34. The minimum atomic E-state index is -0.109. The van der Waals surface area contributed by atoms with Crippen molar-refractivity contribution in [3.8, 4) is 5.75 Å². The van der Waals surface area contributed by atoms with Gasteiger partial charge in [-0.1, -0.05) is 33.3 Å². The molecule has 1 amide bonds. The zero-order chi connectivity index (χ0) is 19.5. The number of hydrogen-bond acceptors (Lipinski definition) is 5. The molecule has 7 heteroatoms. The van der Waals surface area contributed by atoms with E-state index in [1.165, 1.54) is 11.3 Å². The van der Waals surface area contributed by atoms with Crippen molar-refractivity contribution in [3.05, 3.63) is 82.6 Å². The lowest BCUT2D eigenvalue weighted by atomic mass is 10.2. The highest BCUT2D eigenvalue weighted by molar-refractivity contribution is 9.10. The molecule has 0 fully saturated rings. The van der Waals surface area contributed by atoms with Gasteiger partial charge in [0.05, 0.1) is 23.9 Å². The van der Waals surface area contributed by atoms with Crippen LogP contribution in [0.3, 0.4) is 0 Å². The van der Waals surface area contributed by atoms with E-state index >= 15 is 0 Å². The predicted molar refractivity (Wildman–Crippen MR) is 115 cm³/mol. The molecular formula is C21H16BrN3O2S. The summed E-state index contributed by atoms with van der Waals surface area (Å²) in [7, 11) is 1.63. The molecule has 2 aromatic heterocycles. The Bertz CT molecular complexity index is 1110. The Balaban J connectivity index is 1.75. The van der Waals surface area contributed by atoms with Crippen molar-refractivity contribution in [2.75, 3.05) is 12.0 Å². The highest BCUT2D eigenvalue weighted by Gasteiger charge is 2.22. The molecule has 0 spiro atoms. The summed E-state index contributed by atoms with van der Waals surface area (Å²) in [5, 5.41) is 0.639. The third-order valence-corrected chi connectivity index (χ3v) is 5.80. The fourth-order valence-electron chi connectivity index (χ4n) is 2.79. The molecule has 2 aromatic carbocycles. The Morgan fingerprint density at radius 1 is 1.18 bits per heavy atom. The number of halogens is 1. The van der Waals surface area contributed by atoms with Crippen LogP contribution in [0.5, 0.6) is 5.75 Å². The number of thiazole rings is 1. The third kappa shape index (κ3) is 3.90. The second kappa shape index (κ2) is 8.08. The molecule has 0 aliphatic carbocycles. The molecule has 0 aliphatic heterocycles. The standard InChI is InChI=1S/C21H16BrN3O2S/c1-27-17-8-9-19-18(11-17)24-21(28-19)25(13-14-3-2-10-23-12-14)20(26)15-4-6-16(22)7-5-15/h2-12H,13H2,1H3. The summed E-state index contributed by atoms with van der Waals surface area (Å²) < 4.78 is 7.21. The molecule has 0 saturated heterocycles. The van der Waals surface area contributed by atoms with E-state index in [2.05, 4.69) is 20.9 Å². The first-order chi connectivity index (χ1) is 13.6. The predicted octanol–water partition coefficient (Wildman–Crippen LogP) is 5.31. The van der Waals surface area contributed by atoms with E-state index in [9.17, 15) is 4.79 Å². The van der Waals surface area contributed by atoms with Crippen molar-refractivity contribution in [1.82, 2.24) is 9.97 Å². The lowest BCUT2D eigenvalue weighted by Crippen LogP contribution is -2.30. The Morgan fingerprint density at radius 3 is 2.71 bits per heavy atom. The molecule has 0 aliphatic rings. The molecule has 0 unspecified atom stereocenters. The second-order valence-electron chi connectivity index (χ2n) is 6.09. The molecule has 4 rings (SSSR count). The van der Waals surface area contributed by atoms with E-state index in [4.69, 9.17) is 9.72 Å². The summed E-state index contributed by atoms with van der Waals surface area (Å²) in [6.45, 7) is 0.389. The van der Waals surface area contributed by atoms with Crippen molar-refractivity contribution in [2.24, 2.45) is 0 Å². The maximum Gasteiger partial charge on any atom is 0.260 e. The zero-order valence-corrected chi connectivity index (χ0v) is 17.4. The van der Waals surface area contributed by atoms with Crippen LogP contribution < -0.4 is 9.64 Å². The quantitative estimate of drug-likeness (QED) is 0.410.